The fourth-order valence-corrected chi connectivity index (χ4v) is 4.48. The van der Waals surface area contributed by atoms with Gasteiger partial charge in [-0.2, -0.15) is 0 Å². The second-order valence-electron chi connectivity index (χ2n) is 8.76. The lowest BCUT2D eigenvalue weighted by Gasteiger charge is -2.27. The van der Waals surface area contributed by atoms with Crippen LogP contribution < -0.4 is 14.7 Å². The van der Waals surface area contributed by atoms with Crippen molar-refractivity contribution in [3.63, 3.8) is 0 Å². The van der Waals surface area contributed by atoms with E-state index >= 15 is 0 Å². The summed E-state index contributed by atoms with van der Waals surface area (Å²) < 4.78 is 7.22. The largest absolute Gasteiger partial charge is 0.871 e. The number of likely N-dealkylation sites (tertiary alicyclic amines) is 1. The summed E-state index contributed by atoms with van der Waals surface area (Å²) in [5.74, 6) is -1.15. The molecule has 178 valence electrons. The Morgan fingerprint density at radius 2 is 1.88 bits per heavy atom. The number of aromatic nitrogens is 2. The summed E-state index contributed by atoms with van der Waals surface area (Å²) in [6.45, 7) is 5.40. The van der Waals surface area contributed by atoms with Crippen molar-refractivity contribution in [2.24, 2.45) is 0 Å². The molecule has 1 N–H and O–H groups in total. The van der Waals surface area contributed by atoms with Crippen LogP contribution in [0, 0.1) is 6.92 Å². The number of rotatable bonds is 8. The third-order valence-electron chi connectivity index (χ3n) is 6.03. The maximum atomic E-state index is 13.9. The summed E-state index contributed by atoms with van der Waals surface area (Å²) in [5, 5.41) is 13.9. The van der Waals surface area contributed by atoms with Crippen molar-refractivity contribution in [1.29, 1.82) is 0 Å². The van der Waals surface area contributed by atoms with Gasteiger partial charge in [-0.1, -0.05) is 24.0 Å². The van der Waals surface area contributed by atoms with E-state index in [1.165, 1.54) is 9.80 Å². The Bertz CT molecular complexity index is 1240. The minimum absolute atomic E-state index is 0.0277. The minimum Gasteiger partial charge on any atom is -0.871 e. The first-order valence-electron chi connectivity index (χ1n) is 11.6. The van der Waals surface area contributed by atoms with Crippen LogP contribution in [-0.4, -0.2) is 59.8 Å². The lowest BCUT2D eigenvalue weighted by Crippen LogP contribution is -3.05. The molecule has 2 aromatic heterocycles. The summed E-state index contributed by atoms with van der Waals surface area (Å²) in [6.07, 6.45) is 2.46. The molecule has 0 spiro atoms. The van der Waals surface area contributed by atoms with Crippen LogP contribution in [0.4, 0.5) is 0 Å². The molecule has 3 aromatic rings. The van der Waals surface area contributed by atoms with Gasteiger partial charge in [0.25, 0.3) is 5.91 Å². The van der Waals surface area contributed by atoms with Gasteiger partial charge in [-0.25, -0.2) is 4.98 Å². The predicted molar refractivity (Wildman–Crippen MR) is 126 cm³/mol. The highest BCUT2D eigenvalue weighted by molar-refractivity contribution is 6.46. The molecule has 1 unspecified atom stereocenters. The Morgan fingerprint density at radius 1 is 1.15 bits per heavy atom. The first-order valence-corrected chi connectivity index (χ1v) is 11.6. The van der Waals surface area contributed by atoms with E-state index in [0.29, 0.717) is 47.9 Å². The number of imidazole rings is 1. The van der Waals surface area contributed by atoms with Crippen LogP contribution >= 0.6 is 0 Å². The summed E-state index contributed by atoms with van der Waals surface area (Å²) in [4.78, 5) is 33.6. The number of nitrogens with one attached hydrogen (secondary N) is 1. The van der Waals surface area contributed by atoms with Crippen molar-refractivity contribution in [2.45, 2.75) is 26.3 Å². The zero-order valence-electron chi connectivity index (χ0n) is 20.0. The van der Waals surface area contributed by atoms with Gasteiger partial charge in [0.05, 0.1) is 44.7 Å². The molecule has 3 heterocycles. The van der Waals surface area contributed by atoms with E-state index in [9.17, 15) is 14.7 Å². The van der Waals surface area contributed by atoms with Crippen molar-refractivity contribution in [3.05, 3.63) is 71.2 Å². The van der Waals surface area contributed by atoms with Crippen molar-refractivity contribution < 1.29 is 24.3 Å². The fraction of sp³-hybridized carbons (Fsp3) is 0.346. The summed E-state index contributed by atoms with van der Waals surface area (Å²) >= 11 is 0. The van der Waals surface area contributed by atoms with Crippen LogP contribution in [-0.2, 0) is 9.59 Å². The topological polar surface area (TPSA) is 91.4 Å². The molecule has 34 heavy (non-hydrogen) atoms. The number of quaternary nitrogens is 1. The van der Waals surface area contributed by atoms with Crippen molar-refractivity contribution in [3.8, 4) is 5.75 Å². The monoisotopic (exact) mass is 462 g/mol. The fourth-order valence-electron chi connectivity index (χ4n) is 4.48. The second-order valence-corrected chi connectivity index (χ2v) is 8.76. The quantitative estimate of drug-likeness (QED) is 0.304. The maximum absolute atomic E-state index is 13.9. The molecule has 8 nitrogen and oxygen atoms in total. The molecule has 4 rings (SSSR count). The lowest BCUT2D eigenvalue weighted by molar-refractivity contribution is -0.858. The number of pyridine rings is 1. The first kappa shape index (κ1) is 23.5. The Morgan fingerprint density at radius 3 is 2.56 bits per heavy atom. The van der Waals surface area contributed by atoms with E-state index in [1.807, 2.05) is 39.2 Å². The number of hydrogen-bond donors (Lipinski definition) is 1. The molecule has 1 amide bonds. The number of ether oxygens (including phenoxy) is 1. The van der Waals surface area contributed by atoms with E-state index in [0.717, 1.165) is 6.54 Å². The number of Topliss-reactive ketones (excluding diaryl/α,β-unsaturated/α-hetero) is 1. The van der Waals surface area contributed by atoms with Crippen molar-refractivity contribution in [1.82, 2.24) is 14.3 Å². The van der Waals surface area contributed by atoms with Crippen molar-refractivity contribution in [2.75, 3.05) is 33.8 Å². The Hall–Kier alpha value is -3.65. The van der Waals surface area contributed by atoms with E-state index in [1.54, 1.807) is 41.8 Å². The first-order chi connectivity index (χ1) is 16.3. The molecular formula is C26H30N4O4. The molecule has 0 saturated carbocycles. The SMILES string of the molecule is CCOc1ccc(C2/C(=C(\[O-])c3c(C)nc4ccccn34)C(=O)C(=O)N2CCC[NH+](C)C)cc1. The predicted octanol–water partition coefficient (Wildman–Crippen LogP) is 0.800. The van der Waals surface area contributed by atoms with Crippen LogP contribution in [0.15, 0.2) is 54.2 Å². The van der Waals surface area contributed by atoms with Crippen LogP contribution in [0.5, 0.6) is 5.75 Å². The maximum Gasteiger partial charge on any atom is 0.295 e. The molecule has 0 aliphatic carbocycles. The number of carbonyl (C=O) groups is 2. The van der Waals surface area contributed by atoms with Gasteiger partial charge in [0.15, 0.2) is 0 Å². The average Bonchev–Trinajstić information content (AvgIpc) is 3.27. The minimum atomic E-state index is -0.756. The number of aryl methyl sites for hydroxylation is 1. The van der Waals surface area contributed by atoms with Gasteiger partial charge in [0.2, 0.25) is 5.78 Å². The third-order valence-corrected chi connectivity index (χ3v) is 6.03. The van der Waals surface area contributed by atoms with Gasteiger partial charge >= 0.3 is 0 Å². The number of amides is 1. The highest BCUT2D eigenvalue weighted by atomic mass is 16.5. The number of hydrogen-bond acceptors (Lipinski definition) is 5. The molecule has 1 aliphatic heterocycles. The van der Waals surface area contributed by atoms with E-state index in [4.69, 9.17) is 4.74 Å². The number of fused-ring (bicyclic) bond motifs is 1. The van der Waals surface area contributed by atoms with Crippen LogP contribution in [0.2, 0.25) is 0 Å². The molecule has 8 heteroatoms. The highest BCUT2D eigenvalue weighted by Gasteiger charge is 2.44. The van der Waals surface area contributed by atoms with Gasteiger partial charge in [-0.15, -0.1) is 0 Å². The smallest absolute Gasteiger partial charge is 0.295 e. The summed E-state index contributed by atoms with van der Waals surface area (Å²) in [5.41, 5.74) is 2.12. The molecule has 1 aliphatic rings. The molecule has 1 saturated heterocycles. The third kappa shape index (κ3) is 4.28. The molecule has 1 aromatic carbocycles. The van der Waals surface area contributed by atoms with Gasteiger partial charge in [-0.3, -0.25) is 9.59 Å². The van der Waals surface area contributed by atoms with Gasteiger partial charge < -0.3 is 24.0 Å². The summed E-state index contributed by atoms with van der Waals surface area (Å²) in [6, 6.07) is 11.9. The van der Waals surface area contributed by atoms with E-state index < -0.39 is 23.5 Å². The summed E-state index contributed by atoms with van der Waals surface area (Å²) in [7, 11) is 4.07. The van der Waals surface area contributed by atoms with Crippen LogP contribution in [0.3, 0.4) is 0 Å². The molecule has 1 fully saturated rings. The van der Waals surface area contributed by atoms with E-state index in [2.05, 4.69) is 4.98 Å². The Labute approximate surface area is 199 Å². The van der Waals surface area contributed by atoms with Gasteiger partial charge in [0, 0.05) is 24.7 Å². The van der Waals surface area contributed by atoms with Crippen LogP contribution in [0.1, 0.15) is 36.3 Å². The Kier molecular flexibility index (Phi) is 6.70. The van der Waals surface area contributed by atoms with Gasteiger partial charge in [0.1, 0.15) is 11.4 Å². The number of carbonyl (C=O) groups excluding carboxylic acids is 2. The Balaban J connectivity index is 1.85. The lowest BCUT2D eigenvalue weighted by atomic mass is 9.96. The number of ketones is 1. The molecule has 0 radical (unpaired) electrons. The normalized spacial score (nSPS) is 17.8. The van der Waals surface area contributed by atoms with E-state index in [-0.39, 0.29) is 5.57 Å². The second kappa shape index (κ2) is 9.69. The molecule has 1 atom stereocenters. The zero-order chi connectivity index (χ0) is 24.4. The average molecular weight is 463 g/mol. The number of nitrogens with zero attached hydrogens (tertiary/aromatic N) is 3. The van der Waals surface area contributed by atoms with Crippen LogP contribution in [0.25, 0.3) is 11.4 Å². The highest BCUT2D eigenvalue weighted by Crippen LogP contribution is 2.39. The van der Waals surface area contributed by atoms with Gasteiger partial charge in [-0.05, 0) is 43.7 Å². The number of benzene rings is 1. The van der Waals surface area contributed by atoms with Crippen molar-refractivity contribution >= 4 is 23.1 Å². The molecular weight excluding hydrogens is 432 g/mol. The zero-order valence-corrected chi connectivity index (χ0v) is 20.0. The standard InChI is InChI=1S/C26H30N4O4/c1-5-34-19-12-10-18(11-13-19)23-21(25(32)26(33)30(23)16-8-14-28(3)4)24(31)22-17(2)27-20-9-6-7-15-29(20)22/h6-7,9-13,15,23,31H,5,8,14,16H2,1-4H3/b24-21+. The molecule has 0 bridgehead atoms.